The minimum Gasteiger partial charge on any atom is -0.372 e. The highest BCUT2D eigenvalue weighted by atomic mass is 15.0. The number of hydrogen-bond acceptors (Lipinski definition) is 2. The number of hydrogen-bond donors (Lipinski definition) is 2. The van der Waals surface area contributed by atoms with E-state index in [0.29, 0.717) is 0 Å². The van der Waals surface area contributed by atoms with Gasteiger partial charge in [0.2, 0.25) is 0 Å². The second kappa shape index (κ2) is 17.0. The lowest BCUT2D eigenvalue weighted by molar-refractivity contribution is 0.621. The van der Waals surface area contributed by atoms with Crippen LogP contribution in [0.1, 0.15) is 79.3 Å². The summed E-state index contributed by atoms with van der Waals surface area (Å²) in [4.78, 5) is 0. The van der Waals surface area contributed by atoms with Gasteiger partial charge in [0.1, 0.15) is 0 Å². The predicted molar refractivity (Wildman–Crippen MR) is 234 cm³/mol. The van der Waals surface area contributed by atoms with Gasteiger partial charge < -0.3 is 10.6 Å². The summed E-state index contributed by atoms with van der Waals surface area (Å²) in [6, 6.07) is 51.7. The summed E-state index contributed by atoms with van der Waals surface area (Å²) >= 11 is 0. The van der Waals surface area contributed by atoms with E-state index in [4.69, 9.17) is 0 Å². The average Bonchev–Trinajstić information content (AvgIpc) is 3.22. The fourth-order valence-corrected chi connectivity index (χ4v) is 7.58. The van der Waals surface area contributed by atoms with Crippen LogP contribution in [-0.4, -0.2) is 0 Å². The number of unbranched alkanes of at least 4 members (excludes halogenated alkanes) is 2. The van der Waals surface area contributed by atoms with Gasteiger partial charge in [-0.15, -0.1) is 0 Å². The quantitative estimate of drug-likeness (QED) is 0.118. The van der Waals surface area contributed by atoms with Crippen LogP contribution in [0.4, 0.5) is 17.1 Å². The van der Waals surface area contributed by atoms with Crippen molar-refractivity contribution in [2.75, 3.05) is 10.6 Å². The molecule has 2 nitrogen and oxygen atoms in total. The van der Waals surface area contributed by atoms with Crippen LogP contribution in [0.3, 0.4) is 0 Å². The minimum absolute atomic E-state index is 0.473. The van der Waals surface area contributed by atoms with Gasteiger partial charge in [0.15, 0.2) is 0 Å². The summed E-state index contributed by atoms with van der Waals surface area (Å²) in [5, 5.41) is 7.61. The van der Waals surface area contributed by atoms with Crippen molar-refractivity contribution in [3.63, 3.8) is 0 Å². The van der Waals surface area contributed by atoms with Gasteiger partial charge in [-0.3, -0.25) is 0 Å². The van der Waals surface area contributed by atoms with Gasteiger partial charge in [0.05, 0.1) is 5.54 Å². The van der Waals surface area contributed by atoms with E-state index in [1.54, 1.807) is 0 Å². The van der Waals surface area contributed by atoms with Gasteiger partial charge in [-0.25, -0.2) is 0 Å². The Morgan fingerprint density at radius 1 is 0.537 bits per heavy atom. The molecular weight excluding hydrogens is 653 g/mol. The molecule has 0 bridgehead atoms. The zero-order valence-electron chi connectivity index (χ0n) is 32.5. The molecule has 6 aromatic carbocycles. The van der Waals surface area contributed by atoms with Crippen molar-refractivity contribution in [1.29, 1.82) is 0 Å². The summed E-state index contributed by atoms with van der Waals surface area (Å²) < 4.78 is 0. The summed E-state index contributed by atoms with van der Waals surface area (Å²) in [6.07, 6.45) is 15.0. The lowest BCUT2D eigenvalue weighted by atomic mass is 9.75. The second-order valence-corrected chi connectivity index (χ2v) is 15.1. The van der Waals surface area contributed by atoms with E-state index >= 15 is 0 Å². The summed E-state index contributed by atoms with van der Waals surface area (Å²) in [6.45, 7) is 8.79. The van der Waals surface area contributed by atoms with Crippen molar-refractivity contribution in [3.8, 4) is 22.3 Å². The molecule has 0 aromatic heterocycles. The Morgan fingerprint density at radius 3 is 1.59 bits per heavy atom. The molecule has 6 aromatic rings. The van der Waals surface area contributed by atoms with Gasteiger partial charge in [0, 0.05) is 17.1 Å². The molecule has 0 amide bonds. The molecule has 0 saturated carbocycles. The average molecular weight is 707 g/mol. The monoisotopic (exact) mass is 706 g/mol. The smallest absolute Gasteiger partial charge is 0.0853 e. The number of nitrogens with one attached hydrogen (secondary N) is 2. The molecule has 0 aliphatic heterocycles. The maximum Gasteiger partial charge on any atom is 0.0853 e. The number of aryl methyl sites for hydroxylation is 4. The maximum absolute atomic E-state index is 4.07. The molecule has 0 fully saturated rings. The van der Waals surface area contributed by atoms with Crippen LogP contribution in [0.5, 0.6) is 0 Å². The molecule has 1 aliphatic rings. The number of anilines is 3. The Kier molecular flexibility index (Phi) is 11.6. The third kappa shape index (κ3) is 8.61. The van der Waals surface area contributed by atoms with E-state index in [-0.39, 0.29) is 0 Å². The summed E-state index contributed by atoms with van der Waals surface area (Å²) in [7, 11) is 0. The molecule has 1 atom stereocenters. The lowest BCUT2D eigenvalue weighted by Crippen LogP contribution is -2.35. The van der Waals surface area contributed by atoms with E-state index in [1.165, 1.54) is 86.9 Å². The molecule has 0 radical (unpaired) electrons. The first-order chi connectivity index (χ1) is 26.4. The molecule has 2 N–H and O–H groups in total. The number of benzene rings is 6. The number of allylic oxidation sites excluding steroid dienone is 2. The van der Waals surface area contributed by atoms with E-state index in [9.17, 15) is 0 Å². The summed E-state index contributed by atoms with van der Waals surface area (Å²) in [5.41, 5.74) is 16.9. The fourth-order valence-electron chi connectivity index (χ4n) is 7.58. The molecule has 272 valence electrons. The van der Waals surface area contributed by atoms with E-state index < -0.39 is 5.54 Å². The zero-order chi connectivity index (χ0) is 37.3. The van der Waals surface area contributed by atoms with Crippen LogP contribution in [0.2, 0.25) is 0 Å². The molecule has 2 heteroatoms. The van der Waals surface area contributed by atoms with Crippen LogP contribution < -0.4 is 10.6 Å². The van der Waals surface area contributed by atoms with Crippen LogP contribution >= 0.6 is 0 Å². The van der Waals surface area contributed by atoms with Crippen molar-refractivity contribution in [2.24, 2.45) is 0 Å². The Hall–Kier alpha value is -5.60. The van der Waals surface area contributed by atoms with Gasteiger partial charge in [-0.2, -0.15) is 0 Å². The molecule has 1 unspecified atom stereocenters. The molecular formula is C52H54N2. The van der Waals surface area contributed by atoms with Crippen molar-refractivity contribution in [1.82, 2.24) is 0 Å². The van der Waals surface area contributed by atoms with Crippen molar-refractivity contribution in [2.45, 2.75) is 78.2 Å². The Labute approximate surface area is 323 Å². The minimum atomic E-state index is -0.473. The normalized spacial score (nSPS) is 15.1. The molecule has 7 rings (SSSR count). The topological polar surface area (TPSA) is 24.1 Å². The van der Waals surface area contributed by atoms with Gasteiger partial charge in [-0.05, 0) is 132 Å². The van der Waals surface area contributed by atoms with E-state index in [0.717, 1.165) is 36.3 Å². The molecule has 1 aliphatic carbocycles. The third-order valence-electron chi connectivity index (χ3n) is 10.9. The highest BCUT2D eigenvalue weighted by Crippen LogP contribution is 2.45. The summed E-state index contributed by atoms with van der Waals surface area (Å²) in [5.74, 6) is 0. The van der Waals surface area contributed by atoms with Gasteiger partial charge >= 0.3 is 0 Å². The SMILES string of the molecule is CCCCc1ccc(-c2cccc(C3(Nc4ccc(C)cc4)C=CC(c4ccc(Nc5ccc(C)cc5)cc4)=CC3)c2-c2ccc(CCCC)cc2)cc1. The number of rotatable bonds is 14. The Morgan fingerprint density at radius 2 is 1.06 bits per heavy atom. The molecule has 0 spiro atoms. The second-order valence-electron chi connectivity index (χ2n) is 15.1. The molecule has 54 heavy (non-hydrogen) atoms. The first-order valence-electron chi connectivity index (χ1n) is 19.9. The van der Waals surface area contributed by atoms with Gasteiger partial charge in [-0.1, -0.05) is 159 Å². The third-order valence-corrected chi connectivity index (χ3v) is 10.9. The highest BCUT2D eigenvalue weighted by molar-refractivity contribution is 5.88. The highest BCUT2D eigenvalue weighted by Gasteiger charge is 2.34. The Bertz CT molecular complexity index is 2190. The van der Waals surface area contributed by atoms with E-state index in [2.05, 4.69) is 196 Å². The van der Waals surface area contributed by atoms with Crippen LogP contribution in [0.15, 0.2) is 158 Å². The first-order valence-corrected chi connectivity index (χ1v) is 19.9. The Balaban J connectivity index is 1.29. The maximum atomic E-state index is 4.07. The van der Waals surface area contributed by atoms with Crippen LogP contribution in [-0.2, 0) is 18.4 Å². The molecule has 0 heterocycles. The van der Waals surface area contributed by atoms with Crippen LogP contribution in [0, 0.1) is 13.8 Å². The van der Waals surface area contributed by atoms with Crippen molar-refractivity contribution >= 4 is 22.6 Å². The van der Waals surface area contributed by atoms with Gasteiger partial charge in [0.25, 0.3) is 0 Å². The molecule has 0 saturated heterocycles. The van der Waals surface area contributed by atoms with Crippen LogP contribution in [0.25, 0.3) is 27.8 Å². The van der Waals surface area contributed by atoms with Crippen molar-refractivity contribution in [3.05, 3.63) is 191 Å². The van der Waals surface area contributed by atoms with Crippen molar-refractivity contribution < 1.29 is 0 Å². The first kappa shape index (κ1) is 36.7. The fraction of sp³-hybridized carbons (Fsp3) is 0.231. The van der Waals surface area contributed by atoms with E-state index in [1.807, 2.05) is 0 Å². The standard InChI is InChI=1S/C52H54N2/c1-5-7-10-40-18-22-44(23-19-40)49-12-9-13-50(51(49)45-24-20-41(21-25-45)11-8-6-2)52(54-48-30-16-39(4)17-31-48)36-34-43(35-37-52)42-26-32-47(33-27-42)53-46-28-14-38(3)15-29-46/h9,12-36,53-54H,5-8,10-11,37H2,1-4H3. The largest absolute Gasteiger partial charge is 0.372 e. The lowest BCUT2D eigenvalue weighted by Gasteiger charge is -2.37. The predicted octanol–water partition coefficient (Wildman–Crippen LogP) is 14.4. The zero-order valence-corrected chi connectivity index (χ0v) is 32.5.